The van der Waals surface area contributed by atoms with Crippen LogP contribution < -0.4 is 5.32 Å². The van der Waals surface area contributed by atoms with Crippen molar-refractivity contribution in [1.29, 1.82) is 0 Å². The van der Waals surface area contributed by atoms with E-state index >= 15 is 0 Å². The van der Waals surface area contributed by atoms with Crippen LogP contribution in [0.15, 0.2) is 0 Å². The Balaban J connectivity index is 2.10. The average molecular weight is 257 g/mol. The number of aromatic nitrogens is 2. The first-order valence-electron chi connectivity index (χ1n) is 6.27. The third-order valence-corrected chi connectivity index (χ3v) is 3.77. The largest absolute Gasteiger partial charge is 0.312 e. The van der Waals surface area contributed by atoms with Crippen molar-refractivity contribution in [3.05, 3.63) is 16.4 Å². The highest BCUT2D eigenvalue weighted by molar-refractivity contribution is 6.31. The fourth-order valence-corrected chi connectivity index (χ4v) is 2.71. The first-order chi connectivity index (χ1) is 8.11. The molecule has 2 rings (SSSR count). The Hall–Kier alpha value is -0.580. The van der Waals surface area contributed by atoms with E-state index in [4.69, 9.17) is 11.6 Å². The highest BCUT2D eigenvalue weighted by Gasteiger charge is 2.20. The third-order valence-electron chi connectivity index (χ3n) is 3.33. The lowest BCUT2D eigenvalue weighted by Gasteiger charge is -2.31. The molecule has 17 heavy (non-hydrogen) atoms. The number of nitrogens with one attached hydrogen (secondary N) is 1. The molecule has 96 valence electrons. The Morgan fingerprint density at radius 1 is 1.53 bits per heavy atom. The molecule has 1 fully saturated rings. The molecular formula is C12H21ClN4. The minimum Gasteiger partial charge on any atom is -0.312 e. The maximum absolute atomic E-state index is 6.36. The van der Waals surface area contributed by atoms with Gasteiger partial charge in [-0.3, -0.25) is 9.58 Å². The topological polar surface area (TPSA) is 33.1 Å². The van der Waals surface area contributed by atoms with Gasteiger partial charge >= 0.3 is 0 Å². The van der Waals surface area contributed by atoms with Crippen molar-refractivity contribution in [2.75, 3.05) is 19.6 Å². The van der Waals surface area contributed by atoms with Crippen molar-refractivity contribution in [2.24, 2.45) is 7.05 Å². The van der Waals surface area contributed by atoms with Crippen LogP contribution in [0, 0.1) is 0 Å². The van der Waals surface area contributed by atoms with Gasteiger partial charge in [-0.2, -0.15) is 5.10 Å². The van der Waals surface area contributed by atoms with Gasteiger partial charge in [-0.1, -0.05) is 18.5 Å². The summed E-state index contributed by atoms with van der Waals surface area (Å²) in [6.07, 6.45) is 0.893. The summed E-state index contributed by atoms with van der Waals surface area (Å²) in [5, 5.41) is 8.75. The van der Waals surface area contributed by atoms with E-state index in [1.807, 2.05) is 11.7 Å². The van der Waals surface area contributed by atoms with Crippen LogP contribution in [0.4, 0.5) is 0 Å². The second kappa shape index (κ2) is 5.38. The Labute approximate surface area is 108 Å². The van der Waals surface area contributed by atoms with E-state index in [-0.39, 0.29) is 0 Å². The van der Waals surface area contributed by atoms with Gasteiger partial charge in [0.05, 0.1) is 16.4 Å². The predicted octanol–water partition coefficient (Wildman–Crippen LogP) is 1.43. The van der Waals surface area contributed by atoms with Gasteiger partial charge in [-0.05, 0) is 13.3 Å². The van der Waals surface area contributed by atoms with Gasteiger partial charge < -0.3 is 5.32 Å². The molecule has 1 saturated heterocycles. The third kappa shape index (κ3) is 2.81. The van der Waals surface area contributed by atoms with E-state index in [1.54, 1.807) is 0 Å². The van der Waals surface area contributed by atoms with Crippen molar-refractivity contribution in [1.82, 2.24) is 20.0 Å². The second-order valence-electron chi connectivity index (χ2n) is 4.77. The SMILES string of the molecule is CCc1nn(C)c(CN2CCNC(C)C2)c1Cl. The molecule has 4 nitrogen and oxygen atoms in total. The maximum Gasteiger partial charge on any atom is 0.0863 e. The molecule has 0 radical (unpaired) electrons. The number of hydrogen-bond donors (Lipinski definition) is 1. The highest BCUT2D eigenvalue weighted by Crippen LogP contribution is 2.22. The van der Waals surface area contributed by atoms with Gasteiger partial charge in [0.15, 0.2) is 0 Å². The lowest BCUT2D eigenvalue weighted by atomic mass is 10.2. The number of nitrogens with zero attached hydrogens (tertiary/aromatic N) is 3. The standard InChI is InChI=1S/C12H21ClN4/c1-4-10-12(13)11(16(3)15-10)8-17-6-5-14-9(2)7-17/h9,14H,4-8H2,1-3H3. The van der Waals surface area contributed by atoms with Crippen LogP contribution in [0.5, 0.6) is 0 Å². The number of halogens is 1. The van der Waals surface area contributed by atoms with E-state index in [0.717, 1.165) is 49.0 Å². The molecule has 1 aromatic heterocycles. The first kappa shape index (κ1) is 12.9. The van der Waals surface area contributed by atoms with Crippen LogP contribution in [0.1, 0.15) is 25.2 Å². The molecule has 2 heterocycles. The van der Waals surface area contributed by atoms with E-state index in [2.05, 4.69) is 29.2 Å². The summed E-state index contributed by atoms with van der Waals surface area (Å²) < 4.78 is 1.92. The zero-order valence-electron chi connectivity index (χ0n) is 10.8. The van der Waals surface area contributed by atoms with Crippen LogP contribution in [-0.2, 0) is 20.0 Å². The lowest BCUT2D eigenvalue weighted by Crippen LogP contribution is -2.48. The molecule has 0 aliphatic carbocycles. The fourth-order valence-electron chi connectivity index (χ4n) is 2.36. The van der Waals surface area contributed by atoms with Crippen molar-refractivity contribution in [2.45, 2.75) is 32.9 Å². The summed E-state index contributed by atoms with van der Waals surface area (Å²) in [5.41, 5.74) is 2.14. The van der Waals surface area contributed by atoms with Crippen LogP contribution >= 0.6 is 11.6 Å². The van der Waals surface area contributed by atoms with Gasteiger partial charge in [-0.25, -0.2) is 0 Å². The minimum atomic E-state index is 0.557. The van der Waals surface area contributed by atoms with Gasteiger partial charge in [0.2, 0.25) is 0 Å². The molecule has 0 spiro atoms. The molecule has 0 bridgehead atoms. The van der Waals surface area contributed by atoms with Crippen LogP contribution in [0.3, 0.4) is 0 Å². The molecule has 0 aromatic carbocycles. The summed E-state index contributed by atoms with van der Waals surface area (Å²) in [7, 11) is 1.98. The van der Waals surface area contributed by atoms with E-state index < -0.39 is 0 Å². The molecule has 1 N–H and O–H groups in total. The molecule has 1 aliphatic rings. The number of piperazine rings is 1. The Morgan fingerprint density at radius 3 is 2.88 bits per heavy atom. The summed E-state index contributed by atoms with van der Waals surface area (Å²) in [6, 6.07) is 0.557. The summed E-state index contributed by atoms with van der Waals surface area (Å²) >= 11 is 6.36. The number of hydrogen-bond acceptors (Lipinski definition) is 3. The molecule has 1 aromatic rings. The Bertz CT molecular complexity index is 388. The molecule has 0 saturated carbocycles. The summed E-state index contributed by atoms with van der Waals surface area (Å²) in [5.74, 6) is 0. The lowest BCUT2D eigenvalue weighted by molar-refractivity contribution is 0.195. The molecular weight excluding hydrogens is 236 g/mol. The number of rotatable bonds is 3. The van der Waals surface area contributed by atoms with E-state index in [1.165, 1.54) is 0 Å². The van der Waals surface area contributed by atoms with Crippen molar-refractivity contribution in [3.8, 4) is 0 Å². The van der Waals surface area contributed by atoms with Crippen LogP contribution in [0.2, 0.25) is 5.02 Å². The van der Waals surface area contributed by atoms with Crippen molar-refractivity contribution < 1.29 is 0 Å². The Morgan fingerprint density at radius 2 is 2.29 bits per heavy atom. The summed E-state index contributed by atoms with van der Waals surface area (Å²) in [4.78, 5) is 2.43. The van der Waals surface area contributed by atoms with Gasteiger partial charge in [0.1, 0.15) is 0 Å². The molecule has 1 atom stereocenters. The first-order valence-corrected chi connectivity index (χ1v) is 6.65. The highest BCUT2D eigenvalue weighted by atomic mass is 35.5. The van der Waals surface area contributed by atoms with E-state index in [0.29, 0.717) is 6.04 Å². The normalized spacial score (nSPS) is 22.0. The fraction of sp³-hybridized carbons (Fsp3) is 0.750. The molecule has 1 unspecified atom stereocenters. The predicted molar refractivity (Wildman–Crippen MR) is 70.3 cm³/mol. The Kier molecular flexibility index (Phi) is 4.07. The average Bonchev–Trinajstić information content (AvgIpc) is 2.56. The summed E-state index contributed by atoms with van der Waals surface area (Å²) in [6.45, 7) is 8.40. The van der Waals surface area contributed by atoms with Crippen molar-refractivity contribution in [3.63, 3.8) is 0 Å². The number of aryl methyl sites for hydroxylation is 2. The van der Waals surface area contributed by atoms with Crippen LogP contribution in [-0.4, -0.2) is 40.4 Å². The zero-order chi connectivity index (χ0) is 12.4. The van der Waals surface area contributed by atoms with Gasteiger partial charge in [0.25, 0.3) is 0 Å². The van der Waals surface area contributed by atoms with Gasteiger partial charge in [0, 0.05) is 39.3 Å². The maximum atomic E-state index is 6.36. The molecule has 1 aliphatic heterocycles. The zero-order valence-corrected chi connectivity index (χ0v) is 11.6. The van der Waals surface area contributed by atoms with Gasteiger partial charge in [-0.15, -0.1) is 0 Å². The smallest absolute Gasteiger partial charge is 0.0863 e. The van der Waals surface area contributed by atoms with Crippen LogP contribution in [0.25, 0.3) is 0 Å². The molecule has 0 amide bonds. The van der Waals surface area contributed by atoms with E-state index in [9.17, 15) is 0 Å². The monoisotopic (exact) mass is 256 g/mol. The minimum absolute atomic E-state index is 0.557. The second-order valence-corrected chi connectivity index (χ2v) is 5.15. The van der Waals surface area contributed by atoms with Crippen molar-refractivity contribution >= 4 is 11.6 Å². The molecule has 5 heteroatoms. The quantitative estimate of drug-likeness (QED) is 0.888.